The van der Waals surface area contributed by atoms with Gasteiger partial charge in [-0.1, -0.05) is 42.1 Å². The number of nitrogens with one attached hydrogen (secondary N) is 1. The number of benzene rings is 1. The van der Waals surface area contributed by atoms with Gasteiger partial charge in [0, 0.05) is 12.7 Å². The number of amides is 1. The van der Waals surface area contributed by atoms with Gasteiger partial charge < -0.3 is 5.32 Å². The molecule has 1 heterocycles. The Kier molecular flexibility index (Phi) is 5.43. The second-order valence-corrected chi connectivity index (χ2v) is 5.43. The molecule has 0 spiro atoms. The van der Waals surface area contributed by atoms with Gasteiger partial charge in [-0.15, -0.1) is 0 Å². The summed E-state index contributed by atoms with van der Waals surface area (Å²) >= 11 is 1.09. The summed E-state index contributed by atoms with van der Waals surface area (Å²) in [5, 5.41) is 3.11. The van der Waals surface area contributed by atoms with Crippen molar-refractivity contribution in [2.45, 2.75) is 17.7 Å². The highest BCUT2D eigenvalue weighted by atomic mass is 32.2. The highest BCUT2D eigenvalue weighted by Gasteiger charge is 2.30. The second-order valence-electron chi connectivity index (χ2n) is 4.43. The maximum Gasteiger partial charge on any atom is 0.417 e. The summed E-state index contributed by atoms with van der Waals surface area (Å²) in [6.45, 7) is 0.417. The number of halogens is 3. The van der Waals surface area contributed by atoms with E-state index >= 15 is 0 Å². The number of rotatable bonds is 5. The molecule has 0 fully saturated rings. The molecule has 0 radical (unpaired) electrons. The molecule has 22 heavy (non-hydrogen) atoms. The molecule has 0 saturated carbocycles. The first kappa shape index (κ1) is 16.4. The van der Waals surface area contributed by atoms with Crippen LogP contribution in [0.5, 0.6) is 0 Å². The molecule has 2 aromatic rings. The molecule has 1 aromatic carbocycles. The predicted octanol–water partition coefficient (Wildman–Crippen LogP) is 3.51. The quantitative estimate of drug-likeness (QED) is 0.855. The summed E-state index contributed by atoms with van der Waals surface area (Å²) in [4.78, 5) is 15.4. The first-order valence-electron chi connectivity index (χ1n) is 6.42. The zero-order chi connectivity index (χ0) is 16.0. The van der Waals surface area contributed by atoms with Gasteiger partial charge in [0.1, 0.15) is 0 Å². The minimum atomic E-state index is -4.40. The zero-order valence-corrected chi connectivity index (χ0v) is 12.2. The monoisotopic (exact) mass is 326 g/mol. The van der Waals surface area contributed by atoms with E-state index in [1.807, 2.05) is 30.3 Å². The first-order valence-corrected chi connectivity index (χ1v) is 7.40. The SMILES string of the molecule is O=C(CSc1ccc(C(F)(F)F)cn1)NCc1ccccc1. The fourth-order valence-electron chi connectivity index (χ4n) is 1.62. The highest BCUT2D eigenvalue weighted by molar-refractivity contribution is 7.99. The number of aromatic nitrogens is 1. The minimum Gasteiger partial charge on any atom is -0.351 e. The molecule has 0 saturated heterocycles. The van der Waals surface area contributed by atoms with Crippen molar-refractivity contribution in [3.05, 3.63) is 59.8 Å². The summed E-state index contributed by atoms with van der Waals surface area (Å²) < 4.78 is 37.2. The van der Waals surface area contributed by atoms with E-state index in [2.05, 4.69) is 10.3 Å². The summed E-state index contributed by atoms with van der Waals surface area (Å²) in [6, 6.07) is 11.6. The molecular weight excluding hydrogens is 313 g/mol. The van der Waals surface area contributed by atoms with E-state index < -0.39 is 11.7 Å². The third kappa shape index (κ3) is 5.07. The fourth-order valence-corrected chi connectivity index (χ4v) is 2.29. The molecule has 2 rings (SSSR count). The van der Waals surface area contributed by atoms with Crippen molar-refractivity contribution in [2.75, 3.05) is 5.75 Å². The van der Waals surface area contributed by atoms with Crippen LogP contribution in [0.4, 0.5) is 13.2 Å². The third-order valence-electron chi connectivity index (χ3n) is 2.75. The number of carbonyl (C=O) groups excluding carboxylic acids is 1. The molecular formula is C15H13F3N2OS. The third-order valence-corrected chi connectivity index (χ3v) is 3.69. The van der Waals surface area contributed by atoms with Crippen LogP contribution in [-0.2, 0) is 17.5 Å². The average molecular weight is 326 g/mol. The molecule has 0 unspecified atom stereocenters. The zero-order valence-electron chi connectivity index (χ0n) is 11.4. The van der Waals surface area contributed by atoms with Crippen LogP contribution in [-0.4, -0.2) is 16.6 Å². The maximum atomic E-state index is 12.4. The molecule has 0 aliphatic carbocycles. The Balaban J connectivity index is 1.79. The van der Waals surface area contributed by atoms with E-state index in [0.29, 0.717) is 11.6 Å². The Bertz CT molecular complexity index is 615. The molecule has 0 aliphatic heterocycles. The van der Waals surface area contributed by atoms with Crippen molar-refractivity contribution >= 4 is 17.7 Å². The van der Waals surface area contributed by atoms with Crippen molar-refractivity contribution in [1.82, 2.24) is 10.3 Å². The topological polar surface area (TPSA) is 42.0 Å². The Hall–Kier alpha value is -2.02. The number of carbonyl (C=O) groups is 1. The van der Waals surface area contributed by atoms with Crippen molar-refractivity contribution in [2.24, 2.45) is 0 Å². The first-order chi connectivity index (χ1) is 10.4. The molecule has 0 bridgehead atoms. The van der Waals surface area contributed by atoms with Crippen LogP contribution in [0.3, 0.4) is 0 Å². The van der Waals surface area contributed by atoms with Gasteiger partial charge in [0.15, 0.2) is 0 Å². The van der Waals surface area contributed by atoms with Gasteiger partial charge in [-0.05, 0) is 17.7 Å². The largest absolute Gasteiger partial charge is 0.417 e. The van der Waals surface area contributed by atoms with Gasteiger partial charge in [0.25, 0.3) is 0 Å². The van der Waals surface area contributed by atoms with Crippen molar-refractivity contribution in [1.29, 1.82) is 0 Å². The second kappa shape index (κ2) is 7.31. The van der Waals surface area contributed by atoms with E-state index in [0.717, 1.165) is 29.6 Å². The van der Waals surface area contributed by atoms with Crippen LogP contribution in [0.1, 0.15) is 11.1 Å². The number of thioether (sulfide) groups is 1. The highest BCUT2D eigenvalue weighted by Crippen LogP contribution is 2.29. The maximum absolute atomic E-state index is 12.4. The number of nitrogens with zero attached hydrogens (tertiary/aromatic N) is 1. The lowest BCUT2D eigenvalue weighted by Gasteiger charge is -2.07. The van der Waals surface area contributed by atoms with Gasteiger partial charge in [0.05, 0.1) is 16.3 Å². The lowest BCUT2D eigenvalue weighted by atomic mass is 10.2. The lowest BCUT2D eigenvalue weighted by Crippen LogP contribution is -2.24. The van der Waals surface area contributed by atoms with Gasteiger partial charge in [0.2, 0.25) is 5.91 Å². The minimum absolute atomic E-state index is 0.102. The van der Waals surface area contributed by atoms with Crippen LogP contribution >= 0.6 is 11.8 Å². The predicted molar refractivity (Wildman–Crippen MR) is 78.3 cm³/mol. The summed E-state index contributed by atoms with van der Waals surface area (Å²) in [5.41, 5.74) is 0.180. The number of hydrogen-bond acceptors (Lipinski definition) is 3. The summed E-state index contributed by atoms with van der Waals surface area (Å²) in [6.07, 6.45) is -3.63. The molecule has 3 nitrogen and oxygen atoms in total. The van der Waals surface area contributed by atoms with Crippen LogP contribution in [0.2, 0.25) is 0 Å². The number of hydrogen-bond donors (Lipinski definition) is 1. The standard InChI is InChI=1S/C15H13F3N2OS/c16-15(17,18)12-6-7-14(20-9-12)22-10-13(21)19-8-11-4-2-1-3-5-11/h1-7,9H,8,10H2,(H,19,21). The van der Waals surface area contributed by atoms with Gasteiger partial charge in [-0.25, -0.2) is 4.98 Å². The van der Waals surface area contributed by atoms with Gasteiger partial charge in [-0.2, -0.15) is 13.2 Å². The van der Waals surface area contributed by atoms with Crippen LogP contribution in [0.15, 0.2) is 53.7 Å². The average Bonchev–Trinajstić information content (AvgIpc) is 2.51. The van der Waals surface area contributed by atoms with Crippen molar-refractivity contribution < 1.29 is 18.0 Å². The van der Waals surface area contributed by atoms with Crippen LogP contribution < -0.4 is 5.32 Å². The molecule has 116 valence electrons. The Morgan fingerprint density at radius 1 is 1.14 bits per heavy atom. The summed E-state index contributed by atoms with van der Waals surface area (Å²) in [7, 11) is 0. The Labute approximate surface area is 129 Å². The molecule has 7 heteroatoms. The molecule has 0 aliphatic rings. The normalized spacial score (nSPS) is 11.2. The fraction of sp³-hybridized carbons (Fsp3) is 0.200. The molecule has 1 amide bonds. The molecule has 1 aromatic heterocycles. The van der Waals surface area contributed by atoms with Gasteiger partial charge >= 0.3 is 6.18 Å². The number of pyridine rings is 1. The van der Waals surface area contributed by atoms with Gasteiger partial charge in [-0.3, -0.25) is 4.79 Å². The molecule has 1 N–H and O–H groups in total. The van der Waals surface area contributed by atoms with E-state index in [-0.39, 0.29) is 11.7 Å². The Morgan fingerprint density at radius 2 is 1.86 bits per heavy atom. The summed E-state index contributed by atoms with van der Waals surface area (Å²) in [5.74, 6) is -0.0962. The van der Waals surface area contributed by atoms with E-state index in [1.54, 1.807) is 0 Å². The van der Waals surface area contributed by atoms with Crippen molar-refractivity contribution in [3.63, 3.8) is 0 Å². The van der Waals surface area contributed by atoms with Crippen LogP contribution in [0.25, 0.3) is 0 Å². The van der Waals surface area contributed by atoms with E-state index in [4.69, 9.17) is 0 Å². The van der Waals surface area contributed by atoms with Crippen molar-refractivity contribution in [3.8, 4) is 0 Å². The van der Waals surface area contributed by atoms with E-state index in [1.165, 1.54) is 6.07 Å². The Morgan fingerprint density at radius 3 is 2.45 bits per heavy atom. The molecule has 0 atom stereocenters. The lowest BCUT2D eigenvalue weighted by molar-refractivity contribution is -0.137. The number of alkyl halides is 3. The van der Waals surface area contributed by atoms with Crippen LogP contribution in [0, 0.1) is 0 Å². The van der Waals surface area contributed by atoms with E-state index in [9.17, 15) is 18.0 Å². The smallest absolute Gasteiger partial charge is 0.351 e.